The Morgan fingerprint density at radius 2 is 1.75 bits per heavy atom. The van der Waals surface area contributed by atoms with E-state index in [0.717, 1.165) is 16.1 Å². The smallest absolute Gasteiger partial charge is 0.190 e. The third kappa shape index (κ3) is 4.20. The van der Waals surface area contributed by atoms with Crippen molar-refractivity contribution in [2.45, 2.75) is 13.5 Å². The summed E-state index contributed by atoms with van der Waals surface area (Å²) in [4.78, 5) is 5.35. The number of thiazole rings is 1. The van der Waals surface area contributed by atoms with Gasteiger partial charge in [0.15, 0.2) is 4.80 Å². The van der Waals surface area contributed by atoms with E-state index in [4.69, 9.17) is 0 Å². The van der Waals surface area contributed by atoms with Crippen LogP contribution >= 0.6 is 28.3 Å². The van der Waals surface area contributed by atoms with Crippen molar-refractivity contribution in [3.05, 3.63) is 70.1 Å². The van der Waals surface area contributed by atoms with Gasteiger partial charge in [-0.15, -0.1) is 28.3 Å². The molecule has 2 aromatic carbocycles. The maximum Gasteiger partial charge on any atom is 0.190 e. The Morgan fingerprint density at radius 1 is 1.08 bits per heavy atom. The number of aryl methyl sites for hydroxylation is 1. The van der Waals surface area contributed by atoms with Crippen LogP contribution < -0.4 is 4.80 Å². The third-order valence-corrected chi connectivity index (χ3v) is 4.38. The van der Waals surface area contributed by atoms with Crippen LogP contribution in [0.15, 0.2) is 58.9 Å². The Labute approximate surface area is 154 Å². The van der Waals surface area contributed by atoms with Crippen molar-refractivity contribution < 1.29 is 9.50 Å². The van der Waals surface area contributed by atoms with Crippen molar-refractivity contribution in [3.63, 3.8) is 0 Å². The zero-order valence-corrected chi connectivity index (χ0v) is 15.7. The van der Waals surface area contributed by atoms with Gasteiger partial charge < -0.3 is 9.67 Å². The quantitative estimate of drug-likeness (QED) is 0.679. The second kappa shape index (κ2) is 8.37. The number of rotatable bonds is 4. The first-order valence-corrected chi connectivity index (χ1v) is 8.22. The highest BCUT2D eigenvalue weighted by atomic mass is 79.9. The van der Waals surface area contributed by atoms with Crippen LogP contribution in [0.1, 0.15) is 5.56 Å². The number of halogens is 2. The lowest BCUT2D eigenvalue weighted by Gasteiger charge is -2.07. The molecule has 1 N–H and O–H groups in total. The monoisotopic (exact) mass is 408 g/mol. The minimum atomic E-state index is -0.279. The van der Waals surface area contributed by atoms with Crippen LogP contribution in [0.4, 0.5) is 10.1 Å². The molecule has 0 saturated heterocycles. The van der Waals surface area contributed by atoms with Crippen molar-refractivity contribution in [3.8, 4) is 11.3 Å². The SMILES string of the molecule is Br.Cc1ccc(-c2csc(=Nc3ccc(F)cc3)n2CCO)cc1. The van der Waals surface area contributed by atoms with Gasteiger partial charge in [-0.25, -0.2) is 9.38 Å². The Balaban J connectivity index is 0.00000208. The molecule has 6 heteroatoms. The lowest BCUT2D eigenvalue weighted by Crippen LogP contribution is -2.17. The molecule has 0 bridgehead atoms. The Bertz CT molecular complexity index is 854. The first kappa shape index (κ1) is 18.6. The molecule has 24 heavy (non-hydrogen) atoms. The van der Waals surface area contributed by atoms with Crippen LogP contribution in [0.25, 0.3) is 11.3 Å². The molecular weight excluding hydrogens is 391 g/mol. The van der Waals surface area contributed by atoms with Gasteiger partial charge in [0.2, 0.25) is 0 Å². The average molecular weight is 409 g/mol. The standard InChI is InChI=1S/C18H17FN2OS.BrH/c1-13-2-4-14(5-3-13)17-12-23-18(21(17)10-11-22)20-16-8-6-15(19)7-9-16;/h2-9,12,22H,10-11H2,1H3;1H. The van der Waals surface area contributed by atoms with Crippen molar-refractivity contribution in [2.24, 2.45) is 4.99 Å². The van der Waals surface area contributed by atoms with Crippen LogP contribution in [0, 0.1) is 12.7 Å². The largest absolute Gasteiger partial charge is 0.395 e. The fourth-order valence-corrected chi connectivity index (χ4v) is 3.27. The van der Waals surface area contributed by atoms with Gasteiger partial charge in [0.25, 0.3) is 0 Å². The molecule has 1 aromatic heterocycles. The minimum absolute atomic E-state index is 0. The van der Waals surface area contributed by atoms with Crippen molar-refractivity contribution in [1.29, 1.82) is 0 Å². The maximum absolute atomic E-state index is 13.0. The maximum atomic E-state index is 13.0. The molecule has 0 radical (unpaired) electrons. The number of aliphatic hydroxyl groups excluding tert-OH is 1. The number of hydrogen-bond donors (Lipinski definition) is 1. The van der Waals surface area contributed by atoms with Crippen LogP contribution in [0.3, 0.4) is 0 Å². The van der Waals surface area contributed by atoms with Gasteiger partial charge in [-0.1, -0.05) is 29.8 Å². The highest BCUT2D eigenvalue weighted by Crippen LogP contribution is 2.21. The minimum Gasteiger partial charge on any atom is -0.395 e. The summed E-state index contributed by atoms with van der Waals surface area (Å²) in [6.45, 7) is 2.55. The summed E-state index contributed by atoms with van der Waals surface area (Å²) in [5, 5.41) is 11.4. The molecule has 3 nitrogen and oxygen atoms in total. The topological polar surface area (TPSA) is 37.5 Å². The van der Waals surface area contributed by atoms with E-state index >= 15 is 0 Å². The lowest BCUT2D eigenvalue weighted by molar-refractivity contribution is 0.275. The van der Waals surface area contributed by atoms with E-state index < -0.39 is 0 Å². The molecule has 3 aromatic rings. The summed E-state index contributed by atoms with van der Waals surface area (Å²) in [7, 11) is 0. The Hall–Kier alpha value is -1.76. The fourth-order valence-electron chi connectivity index (χ4n) is 2.32. The molecule has 0 amide bonds. The molecule has 3 rings (SSSR count). The number of aliphatic hydroxyl groups is 1. The normalized spacial score (nSPS) is 11.4. The Kier molecular flexibility index (Phi) is 6.48. The van der Waals surface area contributed by atoms with Crippen LogP contribution in [-0.2, 0) is 6.54 Å². The van der Waals surface area contributed by atoms with Gasteiger partial charge in [-0.05, 0) is 36.8 Å². The van der Waals surface area contributed by atoms with Crippen LogP contribution in [0.2, 0.25) is 0 Å². The van der Waals surface area contributed by atoms with E-state index in [1.54, 1.807) is 12.1 Å². The zero-order valence-electron chi connectivity index (χ0n) is 13.1. The number of nitrogens with zero attached hydrogens (tertiary/aromatic N) is 2. The summed E-state index contributed by atoms with van der Waals surface area (Å²) in [5.41, 5.74) is 4.00. The fraction of sp³-hybridized carbons (Fsp3) is 0.167. The van der Waals surface area contributed by atoms with Gasteiger partial charge in [-0.2, -0.15) is 0 Å². The first-order chi connectivity index (χ1) is 11.2. The summed E-state index contributed by atoms with van der Waals surface area (Å²) in [5.74, 6) is -0.279. The van der Waals surface area contributed by atoms with E-state index in [1.807, 2.05) is 9.95 Å². The van der Waals surface area contributed by atoms with Crippen LogP contribution in [0.5, 0.6) is 0 Å². The molecule has 0 aliphatic carbocycles. The molecule has 1 heterocycles. The highest BCUT2D eigenvalue weighted by molar-refractivity contribution is 8.93. The van der Waals surface area contributed by atoms with Gasteiger partial charge in [0.05, 0.1) is 18.0 Å². The number of hydrogen-bond acceptors (Lipinski definition) is 3. The van der Waals surface area contributed by atoms with Crippen molar-refractivity contribution >= 4 is 34.0 Å². The predicted molar refractivity (Wildman–Crippen MR) is 102 cm³/mol. The average Bonchev–Trinajstić information content (AvgIpc) is 2.94. The Morgan fingerprint density at radius 3 is 2.38 bits per heavy atom. The molecule has 0 fully saturated rings. The molecule has 0 saturated carbocycles. The highest BCUT2D eigenvalue weighted by Gasteiger charge is 2.07. The van der Waals surface area contributed by atoms with Gasteiger partial charge in [0, 0.05) is 11.9 Å². The predicted octanol–water partition coefficient (Wildman–Crippen LogP) is 4.47. The van der Waals surface area contributed by atoms with E-state index in [1.165, 1.54) is 29.0 Å². The lowest BCUT2D eigenvalue weighted by atomic mass is 10.1. The first-order valence-electron chi connectivity index (χ1n) is 7.34. The molecular formula is C18H18BrFN2OS. The number of benzene rings is 2. The molecule has 0 spiro atoms. The molecule has 0 aliphatic rings. The van der Waals surface area contributed by atoms with Crippen molar-refractivity contribution in [2.75, 3.05) is 6.61 Å². The molecule has 0 unspecified atom stereocenters. The van der Waals surface area contributed by atoms with E-state index in [-0.39, 0.29) is 29.4 Å². The molecule has 0 aliphatic heterocycles. The number of aromatic nitrogens is 1. The second-order valence-electron chi connectivity index (χ2n) is 5.23. The van der Waals surface area contributed by atoms with Gasteiger partial charge in [-0.3, -0.25) is 0 Å². The summed E-state index contributed by atoms with van der Waals surface area (Å²) in [6.07, 6.45) is 0. The summed E-state index contributed by atoms with van der Waals surface area (Å²) in [6, 6.07) is 14.3. The third-order valence-electron chi connectivity index (χ3n) is 3.52. The van der Waals surface area contributed by atoms with Crippen molar-refractivity contribution in [1.82, 2.24) is 4.57 Å². The summed E-state index contributed by atoms with van der Waals surface area (Å²) < 4.78 is 15.0. The van der Waals surface area contributed by atoms with E-state index in [9.17, 15) is 9.50 Å². The van der Waals surface area contributed by atoms with Gasteiger partial charge >= 0.3 is 0 Å². The van der Waals surface area contributed by atoms with Crippen LogP contribution in [-0.4, -0.2) is 16.3 Å². The zero-order chi connectivity index (χ0) is 16.2. The molecule has 126 valence electrons. The van der Waals surface area contributed by atoms with Gasteiger partial charge in [0.1, 0.15) is 5.82 Å². The van der Waals surface area contributed by atoms with E-state index in [2.05, 4.69) is 36.2 Å². The second-order valence-corrected chi connectivity index (χ2v) is 6.07. The molecule has 0 atom stereocenters. The van der Waals surface area contributed by atoms with E-state index in [0.29, 0.717) is 12.2 Å². The summed E-state index contributed by atoms with van der Waals surface area (Å²) >= 11 is 1.51.